The van der Waals surface area contributed by atoms with Gasteiger partial charge in [-0.1, -0.05) is 0 Å². The predicted octanol–water partition coefficient (Wildman–Crippen LogP) is 0.875. The summed E-state index contributed by atoms with van der Waals surface area (Å²) in [5.41, 5.74) is 0.00620. The second kappa shape index (κ2) is 3.62. The number of ether oxygens (including phenoxy) is 1. The van der Waals surface area contributed by atoms with Crippen LogP contribution in [0.25, 0.3) is 0 Å². The van der Waals surface area contributed by atoms with Crippen LogP contribution in [0, 0.1) is 5.41 Å². The molecule has 0 aliphatic carbocycles. The summed E-state index contributed by atoms with van der Waals surface area (Å²) in [4.78, 5) is 19.9. The van der Waals surface area contributed by atoms with Gasteiger partial charge in [0.2, 0.25) is 11.8 Å². The van der Waals surface area contributed by atoms with Gasteiger partial charge in [-0.05, 0) is 13.8 Å². The van der Waals surface area contributed by atoms with E-state index in [1.54, 1.807) is 0 Å². The number of nitrogens with one attached hydrogen (secondary N) is 2. The summed E-state index contributed by atoms with van der Waals surface area (Å²) in [6, 6.07) is 0. The molecule has 0 radical (unpaired) electrons. The molecule has 0 fully saturated rings. The molecule has 0 aromatic carbocycles. The molecule has 6 nitrogen and oxygen atoms in total. The highest BCUT2D eigenvalue weighted by atomic mass is 16.5. The molecular formula is C10H14N4O2. The normalized spacial score (nSPS) is 17.8. The van der Waals surface area contributed by atoms with Gasteiger partial charge in [-0.3, -0.25) is 4.79 Å². The van der Waals surface area contributed by atoms with Gasteiger partial charge in [-0.2, -0.15) is 4.98 Å². The number of nitrogens with zero attached hydrogens (tertiary/aromatic N) is 2. The minimum Gasteiger partial charge on any atom is -0.479 e. The van der Waals surface area contributed by atoms with Gasteiger partial charge in [0.1, 0.15) is 12.0 Å². The van der Waals surface area contributed by atoms with Crippen LogP contribution < -0.4 is 15.4 Å². The molecule has 0 unspecified atom stereocenters. The maximum absolute atomic E-state index is 11.9. The number of fused-ring (bicyclic) bond motifs is 1. The average molecular weight is 222 g/mol. The van der Waals surface area contributed by atoms with E-state index >= 15 is 0 Å². The molecule has 0 saturated heterocycles. The van der Waals surface area contributed by atoms with Gasteiger partial charge in [-0.15, -0.1) is 0 Å². The van der Waals surface area contributed by atoms with Crippen LogP contribution in [-0.2, 0) is 4.79 Å². The summed E-state index contributed by atoms with van der Waals surface area (Å²) >= 11 is 0. The van der Waals surface area contributed by atoms with E-state index in [4.69, 9.17) is 4.74 Å². The number of carbonyl (C=O) groups excluding carboxylic acids is 1. The van der Waals surface area contributed by atoms with E-state index in [-0.39, 0.29) is 5.91 Å². The van der Waals surface area contributed by atoms with Crippen molar-refractivity contribution in [3.05, 3.63) is 6.33 Å². The molecule has 2 rings (SSSR count). The minimum atomic E-state index is -0.494. The van der Waals surface area contributed by atoms with E-state index in [1.165, 1.54) is 13.4 Å². The maximum atomic E-state index is 11.9. The Bertz CT molecular complexity index is 431. The SMILES string of the molecule is COc1ncnc2c1NC(=O)C(C)(C)CN2. The van der Waals surface area contributed by atoms with Crippen LogP contribution in [-0.4, -0.2) is 29.5 Å². The Labute approximate surface area is 93.4 Å². The van der Waals surface area contributed by atoms with Crippen LogP contribution in [0.2, 0.25) is 0 Å². The first-order valence-corrected chi connectivity index (χ1v) is 4.99. The number of rotatable bonds is 1. The van der Waals surface area contributed by atoms with E-state index in [0.29, 0.717) is 23.9 Å². The molecule has 1 aliphatic heterocycles. The quantitative estimate of drug-likeness (QED) is 0.737. The van der Waals surface area contributed by atoms with Crippen molar-refractivity contribution in [2.45, 2.75) is 13.8 Å². The standard InChI is InChI=1S/C10H14N4O2/c1-10(2)4-11-7-6(14-9(10)15)8(16-3)13-5-12-7/h5H,4H2,1-3H3,(H,14,15)(H,11,12,13). The third-order valence-electron chi connectivity index (χ3n) is 2.56. The van der Waals surface area contributed by atoms with Crippen LogP contribution in [0.3, 0.4) is 0 Å². The van der Waals surface area contributed by atoms with Crippen molar-refractivity contribution in [2.75, 3.05) is 24.3 Å². The van der Waals surface area contributed by atoms with E-state index in [0.717, 1.165) is 0 Å². The van der Waals surface area contributed by atoms with Crippen LogP contribution in [0.1, 0.15) is 13.8 Å². The second-order valence-corrected chi connectivity index (χ2v) is 4.30. The number of amides is 1. The molecule has 2 N–H and O–H groups in total. The Hall–Kier alpha value is -1.85. The third-order valence-corrected chi connectivity index (χ3v) is 2.56. The molecule has 1 aromatic rings. The van der Waals surface area contributed by atoms with Crippen molar-refractivity contribution in [2.24, 2.45) is 5.41 Å². The molecule has 86 valence electrons. The maximum Gasteiger partial charge on any atom is 0.242 e. The smallest absolute Gasteiger partial charge is 0.242 e. The molecule has 16 heavy (non-hydrogen) atoms. The van der Waals surface area contributed by atoms with Gasteiger partial charge < -0.3 is 15.4 Å². The molecule has 1 aromatic heterocycles. The fraction of sp³-hybridized carbons (Fsp3) is 0.500. The van der Waals surface area contributed by atoms with Crippen molar-refractivity contribution in [3.63, 3.8) is 0 Å². The monoisotopic (exact) mass is 222 g/mol. The van der Waals surface area contributed by atoms with Crippen molar-refractivity contribution in [1.82, 2.24) is 9.97 Å². The highest BCUT2D eigenvalue weighted by molar-refractivity contribution is 6.00. The summed E-state index contributed by atoms with van der Waals surface area (Å²) in [5.74, 6) is 0.876. The molecule has 2 heterocycles. The molecule has 0 atom stereocenters. The summed E-state index contributed by atoms with van der Waals surface area (Å²) in [6.45, 7) is 4.24. The third kappa shape index (κ3) is 1.66. The Morgan fingerprint density at radius 2 is 2.19 bits per heavy atom. The molecule has 6 heteroatoms. The zero-order valence-corrected chi connectivity index (χ0v) is 9.50. The van der Waals surface area contributed by atoms with E-state index in [1.807, 2.05) is 13.8 Å². The fourth-order valence-corrected chi connectivity index (χ4v) is 1.44. The van der Waals surface area contributed by atoms with Gasteiger partial charge >= 0.3 is 0 Å². The number of hydrogen-bond acceptors (Lipinski definition) is 5. The summed E-state index contributed by atoms with van der Waals surface area (Å²) in [7, 11) is 1.50. The Kier molecular flexibility index (Phi) is 2.41. The number of aromatic nitrogens is 2. The van der Waals surface area contributed by atoms with Gasteiger partial charge in [-0.25, -0.2) is 4.98 Å². The minimum absolute atomic E-state index is 0.0770. The first-order chi connectivity index (χ1) is 7.54. The van der Waals surface area contributed by atoms with Gasteiger partial charge in [0, 0.05) is 6.54 Å². The zero-order chi connectivity index (χ0) is 11.8. The molecule has 0 spiro atoms. The number of hydrogen-bond donors (Lipinski definition) is 2. The topological polar surface area (TPSA) is 76.1 Å². The molecule has 1 amide bonds. The molecule has 0 bridgehead atoms. The summed E-state index contributed by atoms with van der Waals surface area (Å²) < 4.78 is 5.08. The van der Waals surface area contributed by atoms with E-state index in [9.17, 15) is 4.79 Å². The summed E-state index contributed by atoms with van der Waals surface area (Å²) in [6.07, 6.45) is 1.40. The molecule has 0 saturated carbocycles. The first kappa shape index (κ1) is 10.7. The van der Waals surface area contributed by atoms with Crippen molar-refractivity contribution < 1.29 is 9.53 Å². The Balaban J connectivity index is 2.45. The van der Waals surface area contributed by atoms with Crippen LogP contribution >= 0.6 is 0 Å². The van der Waals surface area contributed by atoms with Crippen LogP contribution in [0.4, 0.5) is 11.5 Å². The van der Waals surface area contributed by atoms with Crippen LogP contribution in [0.5, 0.6) is 5.88 Å². The number of anilines is 2. The van der Waals surface area contributed by atoms with Crippen LogP contribution in [0.15, 0.2) is 6.33 Å². The van der Waals surface area contributed by atoms with E-state index in [2.05, 4.69) is 20.6 Å². The van der Waals surface area contributed by atoms with Crippen molar-refractivity contribution >= 4 is 17.4 Å². The molecular weight excluding hydrogens is 208 g/mol. The lowest BCUT2D eigenvalue weighted by Crippen LogP contribution is -2.34. The highest BCUT2D eigenvalue weighted by Gasteiger charge is 2.32. The lowest BCUT2D eigenvalue weighted by molar-refractivity contribution is -0.123. The van der Waals surface area contributed by atoms with Gasteiger partial charge in [0.15, 0.2) is 5.82 Å². The van der Waals surface area contributed by atoms with Gasteiger partial charge in [0.25, 0.3) is 0 Å². The Morgan fingerprint density at radius 3 is 2.88 bits per heavy atom. The largest absolute Gasteiger partial charge is 0.479 e. The van der Waals surface area contributed by atoms with Crippen molar-refractivity contribution in [1.29, 1.82) is 0 Å². The first-order valence-electron chi connectivity index (χ1n) is 4.99. The van der Waals surface area contributed by atoms with E-state index < -0.39 is 5.41 Å². The number of carbonyl (C=O) groups is 1. The summed E-state index contributed by atoms with van der Waals surface area (Å²) in [5, 5.41) is 5.89. The Morgan fingerprint density at radius 1 is 1.44 bits per heavy atom. The fourth-order valence-electron chi connectivity index (χ4n) is 1.44. The average Bonchev–Trinajstić information content (AvgIpc) is 2.37. The van der Waals surface area contributed by atoms with Gasteiger partial charge in [0.05, 0.1) is 12.5 Å². The predicted molar refractivity (Wildman–Crippen MR) is 59.5 cm³/mol. The number of methoxy groups -OCH3 is 1. The lowest BCUT2D eigenvalue weighted by atomic mass is 9.93. The highest BCUT2D eigenvalue weighted by Crippen LogP contribution is 2.33. The lowest BCUT2D eigenvalue weighted by Gasteiger charge is -2.19. The van der Waals surface area contributed by atoms with Crippen molar-refractivity contribution in [3.8, 4) is 5.88 Å². The zero-order valence-electron chi connectivity index (χ0n) is 9.50. The molecule has 1 aliphatic rings. The second-order valence-electron chi connectivity index (χ2n) is 4.30.